The highest BCUT2D eigenvalue weighted by atomic mass is 19.3. The van der Waals surface area contributed by atoms with Gasteiger partial charge in [0, 0.05) is 23.9 Å². The molecule has 0 fully saturated rings. The van der Waals surface area contributed by atoms with E-state index < -0.39 is 12.3 Å². The van der Waals surface area contributed by atoms with Crippen LogP contribution in [0.5, 0.6) is 0 Å². The molecule has 0 atom stereocenters. The Bertz CT molecular complexity index is 1150. The quantitative estimate of drug-likeness (QED) is 0.505. The first-order valence-electron chi connectivity index (χ1n) is 9.43. The largest absolute Gasteiger partial charge is 0.420 e. The third kappa shape index (κ3) is 5.72. The first kappa shape index (κ1) is 22.5. The van der Waals surface area contributed by atoms with Gasteiger partial charge in [-0.25, -0.2) is 4.79 Å². The maximum absolute atomic E-state index is 12.6. The standard InChI is InChI=1S/C21H20F2N6O3/c1-4-14(8-5-12(2)25-21(30)24-3)18-27-26-16(31-18)11-13-6-9-15(10-7-13)19-28-29-20(32-19)17(22)23/h4-10,17H,1,11H2,2-3H3,(H2,24,25,30)/b12-5+,14-8+. The van der Waals surface area contributed by atoms with Crippen molar-refractivity contribution in [3.05, 3.63) is 78.0 Å². The van der Waals surface area contributed by atoms with Crippen LogP contribution in [0.25, 0.3) is 17.0 Å². The minimum absolute atomic E-state index is 0.0157. The van der Waals surface area contributed by atoms with E-state index in [2.05, 4.69) is 37.6 Å². The fraction of sp³-hybridized carbons (Fsp3) is 0.190. The van der Waals surface area contributed by atoms with Crippen LogP contribution in [0.1, 0.15) is 36.6 Å². The highest BCUT2D eigenvalue weighted by Gasteiger charge is 2.17. The summed E-state index contributed by atoms with van der Waals surface area (Å²) in [4.78, 5) is 11.3. The van der Waals surface area contributed by atoms with E-state index in [1.54, 1.807) is 49.4 Å². The normalized spacial score (nSPS) is 12.2. The van der Waals surface area contributed by atoms with Crippen molar-refractivity contribution >= 4 is 11.6 Å². The molecule has 0 unspecified atom stereocenters. The second-order valence-electron chi connectivity index (χ2n) is 6.50. The van der Waals surface area contributed by atoms with Crippen molar-refractivity contribution < 1.29 is 22.4 Å². The molecule has 0 aliphatic rings. The van der Waals surface area contributed by atoms with Gasteiger partial charge >= 0.3 is 12.5 Å². The Kier molecular flexibility index (Phi) is 7.21. The van der Waals surface area contributed by atoms with E-state index in [-0.39, 0.29) is 17.8 Å². The molecule has 0 aliphatic heterocycles. The van der Waals surface area contributed by atoms with Gasteiger partial charge < -0.3 is 19.5 Å². The Labute approximate surface area is 181 Å². The minimum atomic E-state index is -2.82. The fourth-order valence-electron chi connectivity index (χ4n) is 2.55. The molecule has 2 aromatic heterocycles. The van der Waals surface area contributed by atoms with E-state index in [1.807, 2.05) is 0 Å². The van der Waals surface area contributed by atoms with Crippen LogP contribution < -0.4 is 10.6 Å². The summed E-state index contributed by atoms with van der Waals surface area (Å²) in [5.74, 6) is -0.0478. The zero-order valence-corrected chi connectivity index (χ0v) is 17.3. The summed E-state index contributed by atoms with van der Waals surface area (Å²) in [6.07, 6.45) is 2.49. The van der Waals surface area contributed by atoms with Crippen LogP contribution in [0.15, 0.2) is 63.6 Å². The first-order chi connectivity index (χ1) is 15.4. The fourth-order valence-corrected chi connectivity index (χ4v) is 2.55. The Morgan fingerprint density at radius 2 is 1.88 bits per heavy atom. The molecule has 9 nitrogen and oxygen atoms in total. The van der Waals surface area contributed by atoms with Crippen LogP contribution in [-0.4, -0.2) is 33.5 Å². The third-order valence-corrected chi connectivity index (χ3v) is 4.17. The average molecular weight is 442 g/mol. The van der Waals surface area contributed by atoms with Crippen molar-refractivity contribution in [2.75, 3.05) is 7.05 Å². The number of benzene rings is 1. The van der Waals surface area contributed by atoms with E-state index >= 15 is 0 Å². The molecule has 32 heavy (non-hydrogen) atoms. The highest BCUT2D eigenvalue weighted by Crippen LogP contribution is 2.24. The third-order valence-electron chi connectivity index (χ3n) is 4.17. The van der Waals surface area contributed by atoms with Crippen LogP contribution in [0.4, 0.5) is 13.6 Å². The summed E-state index contributed by atoms with van der Waals surface area (Å²) >= 11 is 0. The van der Waals surface area contributed by atoms with Gasteiger partial charge in [0.05, 0.1) is 6.42 Å². The Hall–Kier alpha value is -4.15. The van der Waals surface area contributed by atoms with E-state index in [4.69, 9.17) is 8.83 Å². The summed E-state index contributed by atoms with van der Waals surface area (Å²) < 4.78 is 35.8. The van der Waals surface area contributed by atoms with Crippen LogP contribution >= 0.6 is 0 Å². The maximum Gasteiger partial charge on any atom is 0.318 e. The molecule has 0 spiro atoms. The zero-order valence-electron chi connectivity index (χ0n) is 17.3. The lowest BCUT2D eigenvalue weighted by Crippen LogP contribution is -2.31. The lowest BCUT2D eigenvalue weighted by atomic mass is 10.1. The lowest BCUT2D eigenvalue weighted by molar-refractivity contribution is 0.116. The number of aromatic nitrogens is 4. The molecule has 0 saturated heterocycles. The second kappa shape index (κ2) is 10.2. The lowest BCUT2D eigenvalue weighted by Gasteiger charge is -2.02. The van der Waals surface area contributed by atoms with E-state index in [9.17, 15) is 13.6 Å². The summed E-state index contributed by atoms with van der Waals surface area (Å²) in [5.41, 5.74) is 2.57. The molecular formula is C21H20F2N6O3. The number of hydrogen-bond acceptors (Lipinski definition) is 7. The molecule has 0 saturated carbocycles. The van der Waals surface area contributed by atoms with Gasteiger partial charge in [0.2, 0.25) is 17.7 Å². The number of hydrogen-bond donors (Lipinski definition) is 2. The second-order valence-corrected chi connectivity index (χ2v) is 6.50. The molecule has 166 valence electrons. The number of carbonyl (C=O) groups is 1. The van der Waals surface area contributed by atoms with Crippen molar-refractivity contribution in [3.63, 3.8) is 0 Å². The number of rotatable bonds is 8. The molecular weight excluding hydrogens is 422 g/mol. The number of nitrogens with zero attached hydrogens (tertiary/aromatic N) is 4. The molecule has 1 aromatic carbocycles. The maximum atomic E-state index is 12.6. The molecule has 2 heterocycles. The van der Waals surface area contributed by atoms with Crippen molar-refractivity contribution in [2.24, 2.45) is 0 Å². The van der Waals surface area contributed by atoms with Crippen molar-refractivity contribution in [2.45, 2.75) is 19.8 Å². The molecule has 3 aromatic rings. The molecule has 2 amide bonds. The van der Waals surface area contributed by atoms with E-state index in [0.717, 1.165) is 5.56 Å². The van der Waals surface area contributed by atoms with Gasteiger partial charge in [-0.05, 0) is 36.8 Å². The predicted octanol–water partition coefficient (Wildman–Crippen LogP) is 4.05. The predicted molar refractivity (Wildman–Crippen MR) is 111 cm³/mol. The van der Waals surface area contributed by atoms with Crippen molar-refractivity contribution in [1.82, 2.24) is 31.0 Å². The van der Waals surface area contributed by atoms with Gasteiger partial charge in [0.1, 0.15) is 0 Å². The summed E-state index contributed by atoms with van der Waals surface area (Å²) in [5, 5.41) is 20.1. The molecule has 0 radical (unpaired) electrons. The Morgan fingerprint density at radius 1 is 1.12 bits per heavy atom. The van der Waals surface area contributed by atoms with Gasteiger partial charge in [-0.1, -0.05) is 24.8 Å². The SMILES string of the molecule is C=C/C(=C\C=C(/C)NC(=O)NC)c1nnc(Cc2ccc(-c3nnc(C(F)F)o3)cc2)o1. The summed E-state index contributed by atoms with van der Waals surface area (Å²) in [6, 6.07) is 6.57. The number of nitrogens with one attached hydrogen (secondary N) is 2. The zero-order chi connectivity index (χ0) is 23.1. The number of allylic oxidation sites excluding steroid dienone is 5. The van der Waals surface area contributed by atoms with Crippen molar-refractivity contribution in [1.29, 1.82) is 0 Å². The minimum Gasteiger partial charge on any atom is -0.420 e. The van der Waals surface area contributed by atoms with Crippen molar-refractivity contribution in [3.8, 4) is 11.5 Å². The number of halogens is 2. The number of alkyl halides is 2. The van der Waals surface area contributed by atoms with Gasteiger partial charge in [0.25, 0.3) is 5.89 Å². The first-order valence-corrected chi connectivity index (χ1v) is 9.43. The van der Waals surface area contributed by atoms with E-state index in [0.29, 0.717) is 29.1 Å². The summed E-state index contributed by atoms with van der Waals surface area (Å²) in [6.45, 7) is 5.48. The number of carbonyl (C=O) groups excluding carboxylic acids is 1. The average Bonchev–Trinajstić information content (AvgIpc) is 3.45. The van der Waals surface area contributed by atoms with Crippen LogP contribution in [-0.2, 0) is 6.42 Å². The molecule has 2 N–H and O–H groups in total. The van der Waals surface area contributed by atoms with Crippen LogP contribution in [0, 0.1) is 0 Å². The van der Waals surface area contributed by atoms with E-state index in [1.165, 1.54) is 7.05 Å². The highest BCUT2D eigenvalue weighted by molar-refractivity contribution is 5.75. The molecule has 0 aliphatic carbocycles. The summed E-state index contributed by atoms with van der Waals surface area (Å²) in [7, 11) is 1.52. The van der Waals surface area contributed by atoms with Crippen LogP contribution in [0.3, 0.4) is 0 Å². The number of urea groups is 1. The monoisotopic (exact) mass is 442 g/mol. The topological polar surface area (TPSA) is 119 Å². The van der Waals surface area contributed by atoms with Crippen LogP contribution in [0.2, 0.25) is 0 Å². The Morgan fingerprint density at radius 3 is 2.50 bits per heavy atom. The molecule has 3 rings (SSSR count). The Balaban J connectivity index is 1.68. The van der Waals surface area contributed by atoms with Gasteiger partial charge in [-0.15, -0.1) is 20.4 Å². The molecule has 11 heteroatoms. The molecule has 0 bridgehead atoms. The van der Waals surface area contributed by atoms with Gasteiger partial charge in [-0.2, -0.15) is 8.78 Å². The number of amides is 2. The van der Waals surface area contributed by atoms with Gasteiger partial charge in [0.15, 0.2) is 0 Å². The smallest absolute Gasteiger partial charge is 0.318 e. The van der Waals surface area contributed by atoms with Gasteiger partial charge in [-0.3, -0.25) is 0 Å².